The van der Waals surface area contributed by atoms with Gasteiger partial charge in [-0.15, -0.1) is 0 Å². The van der Waals surface area contributed by atoms with Crippen LogP contribution in [0.5, 0.6) is 0 Å². The monoisotopic (exact) mass is 298 g/mol. The van der Waals surface area contributed by atoms with Crippen LogP contribution < -0.4 is 10.5 Å². The van der Waals surface area contributed by atoms with Crippen molar-refractivity contribution < 1.29 is 8.42 Å². The lowest BCUT2D eigenvalue weighted by molar-refractivity contribution is 0.530. The Kier molecular flexibility index (Phi) is 6.02. The number of hydrogen-bond acceptors (Lipinski definition) is 3. The molecule has 0 aromatic heterocycles. The Labute approximate surface area is 122 Å². The SMILES string of the molecule is Cc1cc(N)cc(S(=O)(=O)NCCCCC(C)C)c1C. The largest absolute Gasteiger partial charge is 0.399 e. The van der Waals surface area contributed by atoms with Gasteiger partial charge in [-0.2, -0.15) is 0 Å². The number of sulfonamides is 1. The molecule has 0 saturated heterocycles. The smallest absolute Gasteiger partial charge is 0.240 e. The minimum absolute atomic E-state index is 0.291. The van der Waals surface area contributed by atoms with Gasteiger partial charge in [-0.25, -0.2) is 13.1 Å². The van der Waals surface area contributed by atoms with E-state index in [9.17, 15) is 8.42 Å². The topological polar surface area (TPSA) is 72.2 Å². The van der Waals surface area contributed by atoms with Crippen molar-refractivity contribution in [3.63, 3.8) is 0 Å². The van der Waals surface area contributed by atoms with E-state index < -0.39 is 10.0 Å². The number of nitrogen functional groups attached to an aromatic ring is 1. The van der Waals surface area contributed by atoms with Crippen molar-refractivity contribution in [1.29, 1.82) is 0 Å². The van der Waals surface area contributed by atoms with Crippen LogP contribution in [0.15, 0.2) is 17.0 Å². The van der Waals surface area contributed by atoms with Gasteiger partial charge < -0.3 is 5.73 Å². The number of nitrogens with two attached hydrogens (primary N) is 1. The van der Waals surface area contributed by atoms with E-state index in [2.05, 4.69) is 18.6 Å². The molecular formula is C15H26N2O2S. The van der Waals surface area contributed by atoms with Crippen molar-refractivity contribution in [2.45, 2.75) is 51.9 Å². The molecule has 1 rings (SSSR count). The van der Waals surface area contributed by atoms with Gasteiger partial charge in [0.1, 0.15) is 0 Å². The second-order valence-corrected chi connectivity index (χ2v) is 7.48. The molecule has 0 spiro atoms. The van der Waals surface area contributed by atoms with E-state index >= 15 is 0 Å². The van der Waals surface area contributed by atoms with Gasteiger partial charge in [0, 0.05) is 12.2 Å². The first-order valence-electron chi connectivity index (χ1n) is 7.10. The van der Waals surface area contributed by atoms with Gasteiger partial charge in [0.15, 0.2) is 0 Å². The molecule has 5 heteroatoms. The maximum absolute atomic E-state index is 12.3. The van der Waals surface area contributed by atoms with E-state index in [0.29, 0.717) is 23.0 Å². The average molecular weight is 298 g/mol. The zero-order valence-electron chi connectivity index (χ0n) is 12.9. The molecule has 0 aliphatic rings. The quantitative estimate of drug-likeness (QED) is 0.600. The molecule has 0 amide bonds. The summed E-state index contributed by atoms with van der Waals surface area (Å²) in [5, 5.41) is 0. The lowest BCUT2D eigenvalue weighted by Gasteiger charge is -2.12. The van der Waals surface area contributed by atoms with Crippen molar-refractivity contribution in [1.82, 2.24) is 4.72 Å². The number of rotatable bonds is 7. The number of hydrogen-bond donors (Lipinski definition) is 2. The minimum atomic E-state index is -3.47. The lowest BCUT2D eigenvalue weighted by Crippen LogP contribution is -2.26. The van der Waals surface area contributed by atoms with Crippen LogP contribution in [0.3, 0.4) is 0 Å². The molecule has 1 aromatic carbocycles. The van der Waals surface area contributed by atoms with Crippen molar-refractivity contribution in [2.75, 3.05) is 12.3 Å². The highest BCUT2D eigenvalue weighted by Crippen LogP contribution is 2.22. The number of anilines is 1. The molecule has 0 aliphatic carbocycles. The Morgan fingerprint density at radius 1 is 1.20 bits per heavy atom. The Bertz CT molecular complexity index is 551. The molecule has 0 heterocycles. The molecule has 0 aliphatic heterocycles. The van der Waals surface area contributed by atoms with Crippen LogP contribution in [0.2, 0.25) is 0 Å². The standard InChI is InChI=1S/C15H26N2O2S/c1-11(2)7-5-6-8-17-20(18,19)15-10-14(16)9-12(3)13(15)4/h9-11,17H,5-8,16H2,1-4H3. The predicted octanol–water partition coefficient (Wildman–Crippen LogP) is 2.99. The molecule has 0 bridgehead atoms. The van der Waals surface area contributed by atoms with Crippen molar-refractivity contribution in [2.24, 2.45) is 5.92 Å². The first kappa shape index (κ1) is 17.0. The first-order valence-corrected chi connectivity index (χ1v) is 8.58. The van der Waals surface area contributed by atoms with Crippen molar-refractivity contribution in [3.8, 4) is 0 Å². The number of unbranched alkanes of at least 4 members (excludes halogenated alkanes) is 1. The van der Waals surface area contributed by atoms with Crippen LogP contribution in [-0.2, 0) is 10.0 Å². The zero-order valence-corrected chi connectivity index (χ0v) is 13.7. The fourth-order valence-corrected chi connectivity index (χ4v) is 3.52. The Morgan fingerprint density at radius 2 is 1.85 bits per heavy atom. The highest BCUT2D eigenvalue weighted by molar-refractivity contribution is 7.89. The fraction of sp³-hybridized carbons (Fsp3) is 0.600. The maximum Gasteiger partial charge on any atom is 0.240 e. The molecule has 0 atom stereocenters. The van der Waals surface area contributed by atoms with Crippen LogP contribution >= 0.6 is 0 Å². The van der Waals surface area contributed by atoms with Crippen molar-refractivity contribution >= 4 is 15.7 Å². The van der Waals surface area contributed by atoms with Gasteiger partial charge in [-0.3, -0.25) is 0 Å². The summed E-state index contributed by atoms with van der Waals surface area (Å²) in [5.74, 6) is 0.658. The summed E-state index contributed by atoms with van der Waals surface area (Å²) in [7, 11) is -3.47. The third-order valence-electron chi connectivity index (χ3n) is 3.43. The molecule has 0 radical (unpaired) electrons. The van der Waals surface area contributed by atoms with E-state index in [0.717, 1.165) is 30.4 Å². The van der Waals surface area contributed by atoms with Crippen LogP contribution in [0.25, 0.3) is 0 Å². The highest BCUT2D eigenvalue weighted by Gasteiger charge is 2.17. The average Bonchev–Trinajstić information content (AvgIpc) is 2.32. The summed E-state index contributed by atoms with van der Waals surface area (Å²) in [6, 6.07) is 3.32. The summed E-state index contributed by atoms with van der Waals surface area (Å²) >= 11 is 0. The van der Waals surface area contributed by atoms with Gasteiger partial charge in [0.05, 0.1) is 4.90 Å². The second kappa shape index (κ2) is 7.09. The zero-order chi connectivity index (χ0) is 15.3. The second-order valence-electron chi connectivity index (χ2n) is 5.75. The Hall–Kier alpha value is -1.07. The molecule has 0 fully saturated rings. The molecule has 1 aromatic rings. The van der Waals surface area contributed by atoms with Crippen LogP contribution in [0.4, 0.5) is 5.69 Å². The molecular weight excluding hydrogens is 272 g/mol. The summed E-state index contributed by atoms with van der Waals surface area (Å²) in [5.41, 5.74) is 7.87. The maximum atomic E-state index is 12.3. The first-order chi connectivity index (χ1) is 9.24. The van der Waals surface area contributed by atoms with Gasteiger partial charge in [0.25, 0.3) is 0 Å². The van der Waals surface area contributed by atoms with Crippen LogP contribution in [0, 0.1) is 19.8 Å². The summed E-state index contributed by atoms with van der Waals surface area (Å²) in [4.78, 5) is 0.291. The number of aryl methyl sites for hydroxylation is 1. The molecule has 0 unspecified atom stereocenters. The Morgan fingerprint density at radius 3 is 2.45 bits per heavy atom. The van der Waals surface area contributed by atoms with E-state index in [1.165, 1.54) is 6.07 Å². The lowest BCUT2D eigenvalue weighted by atomic mass is 10.1. The molecule has 114 valence electrons. The van der Waals surface area contributed by atoms with E-state index in [1.54, 1.807) is 6.07 Å². The molecule has 20 heavy (non-hydrogen) atoms. The normalized spacial score (nSPS) is 12.1. The van der Waals surface area contributed by atoms with Gasteiger partial charge >= 0.3 is 0 Å². The fourth-order valence-electron chi connectivity index (χ4n) is 2.09. The minimum Gasteiger partial charge on any atom is -0.399 e. The highest BCUT2D eigenvalue weighted by atomic mass is 32.2. The van der Waals surface area contributed by atoms with Crippen LogP contribution in [-0.4, -0.2) is 15.0 Å². The van der Waals surface area contributed by atoms with E-state index in [4.69, 9.17) is 5.73 Å². The molecule has 4 nitrogen and oxygen atoms in total. The summed E-state index contributed by atoms with van der Waals surface area (Å²) in [6.07, 6.45) is 3.02. The van der Waals surface area contributed by atoms with Crippen LogP contribution in [0.1, 0.15) is 44.2 Å². The van der Waals surface area contributed by atoms with Gasteiger partial charge in [0.2, 0.25) is 10.0 Å². The molecule has 0 saturated carbocycles. The molecule has 3 N–H and O–H groups in total. The van der Waals surface area contributed by atoms with E-state index in [-0.39, 0.29) is 0 Å². The third kappa shape index (κ3) is 4.80. The third-order valence-corrected chi connectivity index (χ3v) is 5.02. The summed E-state index contributed by atoms with van der Waals surface area (Å²) in [6.45, 7) is 8.49. The van der Waals surface area contributed by atoms with Gasteiger partial charge in [-0.05, 0) is 49.4 Å². The van der Waals surface area contributed by atoms with E-state index in [1.807, 2.05) is 13.8 Å². The predicted molar refractivity (Wildman–Crippen MR) is 84.2 cm³/mol. The number of benzene rings is 1. The Balaban J connectivity index is 2.70. The number of nitrogens with one attached hydrogen (secondary N) is 1. The van der Waals surface area contributed by atoms with Gasteiger partial charge in [-0.1, -0.05) is 26.7 Å². The van der Waals surface area contributed by atoms with Crippen molar-refractivity contribution in [3.05, 3.63) is 23.3 Å². The summed E-state index contributed by atoms with van der Waals surface area (Å²) < 4.78 is 27.2.